The molecule has 1 atom stereocenters. The number of nitrogens with one attached hydrogen (secondary N) is 1. The first kappa shape index (κ1) is 16.7. The second-order valence-electron chi connectivity index (χ2n) is 6.40. The van der Waals surface area contributed by atoms with Crippen LogP contribution in [0.3, 0.4) is 0 Å². The fourth-order valence-corrected chi connectivity index (χ4v) is 3.36. The van der Waals surface area contributed by atoms with E-state index in [1.807, 2.05) is 7.05 Å². The summed E-state index contributed by atoms with van der Waals surface area (Å²) < 4.78 is 22.2. The Labute approximate surface area is 150 Å². The van der Waals surface area contributed by atoms with Gasteiger partial charge in [0.15, 0.2) is 0 Å². The highest BCUT2D eigenvalue weighted by Gasteiger charge is 2.26. The molecule has 134 valence electrons. The topological polar surface area (TPSA) is 69.0 Å². The summed E-state index contributed by atoms with van der Waals surface area (Å²) in [6.07, 6.45) is 5.40. The predicted molar refractivity (Wildman–Crippen MR) is 94.7 cm³/mol. The highest BCUT2D eigenvalue weighted by molar-refractivity contribution is 5.85. The van der Waals surface area contributed by atoms with Gasteiger partial charge in [-0.15, -0.1) is 0 Å². The van der Waals surface area contributed by atoms with Crippen LogP contribution in [0, 0.1) is 5.82 Å². The first-order valence-corrected chi connectivity index (χ1v) is 8.54. The number of rotatable bonds is 3. The number of carbonyl (C=O) groups excluding carboxylic acids is 1. The molecule has 1 unspecified atom stereocenters. The Kier molecular flexibility index (Phi) is 4.16. The third-order valence-corrected chi connectivity index (χ3v) is 4.78. The number of carbonyl (C=O) groups is 1. The van der Waals surface area contributed by atoms with Crippen molar-refractivity contribution in [2.75, 3.05) is 6.61 Å². The Hall–Kier alpha value is -2.80. The van der Waals surface area contributed by atoms with Gasteiger partial charge in [-0.05, 0) is 17.7 Å². The largest absolute Gasteiger partial charge is 0.374 e. The molecule has 4 rings (SSSR count). The molecular formula is C19H19FN4O2. The molecule has 1 N–H and O–H groups in total. The monoisotopic (exact) mass is 354 g/mol. The van der Waals surface area contributed by atoms with Crippen LogP contribution in [0.5, 0.6) is 0 Å². The molecule has 0 bridgehead atoms. The lowest BCUT2D eigenvalue weighted by Gasteiger charge is -2.28. The van der Waals surface area contributed by atoms with Gasteiger partial charge in [-0.2, -0.15) is 5.10 Å². The summed E-state index contributed by atoms with van der Waals surface area (Å²) in [6, 6.07) is 2.99. The van der Waals surface area contributed by atoms with E-state index in [0.717, 1.165) is 22.0 Å². The molecule has 0 saturated carbocycles. The number of benzene rings is 1. The van der Waals surface area contributed by atoms with Crippen molar-refractivity contribution in [1.29, 1.82) is 0 Å². The standard InChI is InChI=1S/C19H19FN4O2/c1-3-19(25)23-17-10-26-9-15-13(7-21-8-14(15)17)12-5-18-11(4-16(12)20)6-22-24(18)2/h4-8,17H,3,9-10H2,1-2H3,(H,23,25). The molecule has 0 radical (unpaired) electrons. The van der Waals surface area contributed by atoms with Gasteiger partial charge >= 0.3 is 0 Å². The maximum Gasteiger partial charge on any atom is 0.220 e. The van der Waals surface area contributed by atoms with Crippen LogP contribution in [0.1, 0.15) is 30.5 Å². The molecule has 0 saturated heterocycles. The number of pyridine rings is 1. The molecule has 7 heteroatoms. The van der Waals surface area contributed by atoms with Crippen molar-refractivity contribution in [1.82, 2.24) is 20.1 Å². The first-order valence-electron chi connectivity index (χ1n) is 8.54. The van der Waals surface area contributed by atoms with Crippen LogP contribution in [0.15, 0.2) is 30.7 Å². The molecule has 6 nitrogen and oxygen atoms in total. The van der Waals surface area contributed by atoms with E-state index in [-0.39, 0.29) is 17.8 Å². The van der Waals surface area contributed by atoms with Crippen molar-refractivity contribution >= 4 is 16.8 Å². The summed E-state index contributed by atoms with van der Waals surface area (Å²) in [7, 11) is 1.82. The zero-order chi connectivity index (χ0) is 18.3. The fraction of sp³-hybridized carbons (Fsp3) is 0.316. The minimum absolute atomic E-state index is 0.0562. The molecule has 26 heavy (non-hydrogen) atoms. The molecule has 0 spiro atoms. The van der Waals surface area contributed by atoms with Gasteiger partial charge in [0.05, 0.1) is 31.0 Å². The van der Waals surface area contributed by atoms with Crippen molar-refractivity contribution in [2.24, 2.45) is 7.05 Å². The van der Waals surface area contributed by atoms with Gasteiger partial charge in [-0.1, -0.05) is 6.92 Å². The van der Waals surface area contributed by atoms with E-state index >= 15 is 0 Å². The maximum absolute atomic E-state index is 14.8. The van der Waals surface area contributed by atoms with E-state index in [4.69, 9.17) is 4.74 Å². The van der Waals surface area contributed by atoms with E-state index < -0.39 is 0 Å². The van der Waals surface area contributed by atoms with Gasteiger partial charge in [0, 0.05) is 47.9 Å². The number of aromatic nitrogens is 3. The van der Waals surface area contributed by atoms with Crippen molar-refractivity contribution in [2.45, 2.75) is 26.0 Å². The summed E-state index contributed by atoms with van der Waals surface area (Å²) in [6.45, 7) is 2.54. The zero-order valence-corrected chi connectivity index (χ0v) is 14.6. The van der Waals surface area contributed by atoms with Gasteiger partial charge in [0.25, 0.3) is 0 Å². The molecule has 0 fully saturated rings. The Morgan fingerprint density at radius 1 is 1.35 bits per heavy atom. The van der Waals surface area contributed by atoms with Crippen LogP contribution in [0.2, 0.25) is 0 Å². The Morgan fingerprint density at radius 3 is 3.00 bits per heavy atom. The fourth-order valence-electron chi connectivity index (χ4n) is 3.36. The second-order valence-corrected chi connectivity index (χ2v) is 6.40. The highest BCUT2D eigenvalue weighted by Crippen LogP contribution is 2.35. The lowest BCUT2D eigenvalue weighted by atomic mass is 9.93. The molecule has 3 aromatic rings. The number of fused-ring (bicyclic) bond motifs is 2. The second kappa shape index (κ2) is 6.49. The van der Waals surface area contributed by atoms with Crippen LogP contribution < -0.4 is 5.32 Å². The van der Waals surface area contributed by atoms with Crippen molar-refractivity contribution < 1.29 is 13.9 Å². The van der Waals surface area contributed by atoms with Gasteiger partial charge in [-0.25, -0.2) is 4.39 Å². The first-order chi connectivity index (χ1) is 12.6. The summed E-state index contributed by atoms with van der Waals surface area (Å²) in [4.78, 5) is 16.1. The van der Waals surface area contributed by atoms with Crippen LogP contribution in [0.25, 0.3) is 22.0 Å². The normalized spacial score (nSPS) is 16.5. The van der Waals surface area contributed by atoms with Gasteiger partial charge in [-0.3, -0.25) is 14.5 Å². The molecule has 3 heterocycles. The van der Waals surface area contributed by atoms with E-state index in [1.54, 1.807) is 36.3 Å². The van der Waals surface area contributed by atoms with Crippen molar-refractivity contribution in [3.63, 3.8) is 0 Å². The molecule has 1 aromatic carbocycles. The third kappa shape index (κ3) is 2.74. The average molecular weight is 354 g/mol. The summed E-state index contributed by atoms with van der Waals surface area (Å²) in [5.74, 6) is -0.389. The molecule has 1 amide bonds. The number of amides is 1. The highest BCUT2D eigenvalue weighted by atomic mass is 19.1. The Bertz CT molecular complexity index is 999. The Morgan fingerprint density at radius 2 is 2.19 bits per heavy atom. The maximum atomic E-state index is 14.8. The molecule has 2 aromatic heterocycles. The lowest BCUT2D eigenvalue weighted by molar-refractivity contribution is -0.122. The van der Waals surface area contributed by atoms with E-state index in [9.17, 15) is 9.18 Å². The van der Waals surface area contributed by atoms with Crippen LogP contribution in [0.4, 0.5) is 4.39 Å². The molecule has 1 aliphatic heterocycles. The quantitative estimate of drug-likeness (QED) is 0.785. The minimum Gasteiger partial charge on any atom is -0.374 e. The summed E-state index contributed by atoms with van der Waals surface area (Å²) in [5, 5.41) is 7.86. The van der Waals surface area contributed by atoms with E-state index in [2.05, 4.69) is 15.4 Å². The number of hydrogen-bond donors (Lipinski definition) is 1. The van der Waals surface area contributed by atoms with E-state index in [0.29, 0.717) is 30.8 Å². The van der Waals surface area contributed by atoms with Crippen LogP contribution in [-0.2, 0) is 23.2 Å². The third-order valence-electron chi connectivity index (χ3n) is 4.78. The van der Waals surface area contributed by atoms with Crippen molar-refractivity contribution in [3.8, 4) is 11.1 Å². The van der Waals surface area contributed by atoms with E-state index in [1.165, 1.54) is 6.07 Å². The number of hydrogen-bond acceptors (Lipinski definition) is 4. The zero-order valence-electron chi connectivity index (χ0n) is 14.6. The van der Waals surface area contributed by atoms with Crippen LogP contribution in [-0.4, -0.2) is 27.3 Å². The summed E-state index contributed by atoms with van der Waals surface area (Å²) >= 11 is 0. The van der Waals surface area contributed by atoms with Gasteiger partial charge < -0.3 is 10.1 Å². The number of nitrogens with zero attached hydrogens (tertiary/aromatic N) is 3. The van der Waals surface area contributed by atoms with Crippen LogP contribution >= 0.6 is 0 Å². The smallest absolute Gasteiger partial charge is 0.220 e. The summed E-state index contributed by atoms with van der Waals surface area (Å²) in [5.41, 5.74) is 3.70. The Balaban J connectivity index is 1.84. The van der Waals surface area contributed by atoms with Gasteiger partial charge in [0.1, 0.15) is 5.82 Å². The predicted octanol–water partition coefficient (Wildman–Crippen LogP) is 2.87. The number of ether oxygens (including phenoxy) is 1. The van der Waals surface area contributed by atoms with Crippen molar-refractivity contribution in [3.05, 3.63) is 47.7 Å². The SMILES string of the molecule is CCC(=O)NC1COCc2c(-c3cc4c(cnn4C)cc3F)cncc21. The molecule has 0 aliphatic carbocycles. The average Bonchev–Trinajstić information content (AvgIpc) is 3.00. The molecule has 1 aliphatic rings. The number of halogens is 1. The number of aryl methyl sites for hydroxylation is 1. The molecular weight excluding hydrogens is 335 g/mol. The lowest BCUT2D eigenvalue weighted by Crippen LogP contribution is -2.34. The minimum atomic E-state index is -0.333. The van der Waals surface area contributed by atoms with Gasteiger partial charge in [0.2, 0.25) is 5.91 Å².